The van der Waals surface area contributed by atoms with Crippen LogP contribution < -0.4 is 5.73 Å². The van der Waals surface area contributed by atoms with Crippen LogP contribution in [0.4, 0.5) is 0 Å². The molecule has 2 unspecified atom stereocenters. The van der Waals surface area contributed by atoms with Gasteiger partial charge in [0, 0.05) is 25.7 Å². The lowest BCUT2D eigenvalue weighted by Crippen LogP contribution is -2.51. The summed E-state index contributed by atoms with van der Waals surface area (Å²) in [5, 5.41) is 0. The van der Waals surface area contributed by atoms with Crippen LogP contribution >= 0.6 is 0 Å². The van der Waals surface area contributed by atoms with E-state index in [-0.39, 0.29) is 0 Å². The number of nitrogens with zero attached hydrogens (tertiary/aromatic N) is 1. The highest BCUT2D eigenvalue weighted by molar-refractivity contribution is 4.79. The molecular formula is C11H24N2O2. The summed E-state index contributed by atoms with van der Waals surface area (Å²) in [6.07, 6.45) is 2.19. The molecule has 0 aromatic rings. The summed E-state index contributed by atoms with van der Waals surface area (Å²) in [7, 11) is 1.76. The minimum Gasteiger partial charge on any atom is -0.383 e. The maximum atomic E-state index is 5.55. The van der Waals surface area contributed by atoms with E-state index >= 15 is 0 Å². The van der Waals surface area contributed by atoms with Crippen molar-refractivity contribution in [3.05, 3.63) is 0 Å². The quantitative estimate of drug-likeness (QED) is 0.701. The Morgan fingerprint density at radius 1 is 1.60 bits per heavy atom. The summed E-state index contributed by atoms with van der Waals surface area (Å²) in [5.41, 5.74) is 5.55. The van der Waals surface area contributed by atoms with Crippen LogP contribution in [0.1, 0.15) is 19.8 Å². The van der Waals surface area contributed by atoms with Crippen molar-refractivity contribution in [2.45, 2.75) is 31.8 Å². The van der Waals surface area contributed by atoms with E-state index in [2.05, 4.69) is 11.8 Å². The first-order chi connectivity index (χ1) is 7.29. The molecule has 1 rings (SSSR count). The molecule has 1 aliphatic heterocycles. The van der Waals surface area contributed by atoms with Crippen LogP contribution in [0.25, 0.3) is 0 Å². The molecule has 2 atom stereocenters. The van der Waals surface area contributed by atoms with E-state index in [9.17, 15) is 0 Å². The Balaban J connectivity index is 2.44. The first-order valence-corrected chi connectivity index (χ1v) is 5.82. The second-order valence-corrected chi connectivity index (χ2v) is 4.20. The molecule has 0 bridgehead atoms. The molecular weight excluding hydrogens is 192 g/mol. The van der Waals surface area contributed by atoms with Crippen molar-refractivity contribution in [1.82, 2.24) is 4.90 Å². The first-order valence-electron chi connectivity index (χ1n) is 5.82. The van der Waals surface area contributed by atoms with Gasteiger partial charge in [-0.3, -0.25) is 4.90 Å². The van der Waals surface area contributed by atoms with E-state index in [0.717, 1.165) is 45.8 Å². The largest absolute Gasteiger partial charge is 0.383 e. The van der Waals surface area contributed by atoms with Crippen molar-refractivity contribution >= 4 is 0 Å². The lowest BCUT2D eigenvalue weighted by Gasteiger charge is -2.39. The molecule has 0 saturated carbocycles. The van der Waals surface area contributed by atoms with Gasteiger partial charge < -0.3 is 15.2 Å². The Hall–Kier alpha value is -0.160. The number of nitrogens with two attached hydrogens (primary N) is 1. The molecule has 1 heterocycles. The summed E-state index contributed by atoms with van der Waals surface area (Å²) in [6, 6.07) is 0.995. The third-order valence-electron chi connectivity index (χ3n) is 2.99. The van der Waals surface area contributed by atoms with Crippen molar-refractivity contribution < 1.29 is 9.47 Å². The highest BCUT2D eigenvalue weighted by Crippen LogP contribution is 2.14. The molecule has 0 radical (unpaired) electrons. The summed E-state index contributed by atoms with van der Waals surface area (Å²) < 4.78 is 10.7. The Morgan fingerprint density at radius 3 is 3.00 bits per heavy atom. The molecule has 1 saturated heterocycles. The van der Waals surface area contributed by atoms with Gasteiger partial charge >= 0.3 is 0 Å². The minimum absolute atomic E-state index is 0.497. The maximum absolute atomic E-state index is 5.55. The van der Waals surface area contributed by atoms with Crippen LogP contribution in [0.5, 0.6) is 0 Å². The second-order valence-electron chi connectivity index (χ2n) is 4.20. The van der Waals surface area contributed by atoms with Crippen molar-refractivity contribution in [1.29, 1.82) is 0 Å². The first kappa shape index (κ1) is 12.9. The molecule has 0 spiro atoms. The minimum atomic E-state index is 0.497. The fourth-order valence-electron chi connectivity index (χ4n) is 2.17. The molecule has 1 fully saturated rings. The summed E-state index contributed by atoms with van der Waals surface area (Å²) in [6.45, 7) is 6.46. The van der Waals surface area contributed by atoms with Crippen LogP contribution in [-0.2, 0) is 9.47 Å². The summed E-state index contributed by atoms with van der Waals surface area (Å²) in [4.78, 5) is 2.49. The van der Waals surface area contributed by atoms with Gasteiger partial charge in [-0.15, -0.1) is 0 Å². The molecule has 0 aromatic heterocycles. The number of morpholine rings is 1. The average Bonchev–Trinajstić information content (AvgIpc) is 2.25. The highest BCUT2D eigenvalue weighted by atomic mass is 16.5. The topological polar surface area (TPSA) is 47.7 Å². The molecule has 0 aliphatic carbocycles. The molecule has 0 aromatic carbocycles. The Morgan fingerprint density at radius 2 is 2.40 bits per heavy atom. The van der Waals surface area contributed by atoms with Gasteiger partial charge in [-0.1, -0.05) is 0 Å². The molecule has 4 heteroatoms. The maximum Gasteiger partial charge on any atom is 0.0619 e. The van der Waals surface area contributed by atoms with Gasteiger partial charge in [0.1, 0.15) is 0 Å². The van der Waals surface area contributed by atoms with Gasteiger partial charge in [0.25, 0.3) is 0 Å². The van der Waals surface area contributed by atoms with E-state index in [4.69, 9.17) is 15.2 Å². The molecule has 90 valence electrons. The molecule has 15 heavy (non-hydrogen) atoms. The van der Waals surface area contributed by atoms with E-state index in [1.165, 1.54) is 0 Å². The van der Waals surface area contributed by atoms with Crippen LogP contribution in [0, 0.1) is 0 Å². The van der Waals surface area contributed by atoms with Crippen molar-refractivity contribution in [2.24, 2.45) is 5.73 Å². The standard InChI is InChI=1S/C11H24N2O2/c1-10-8-15-7-6-13(10)11(9-14-2)4-3-5-12/h10-11H,3-9,12H2,1-2H3. The summed E-state index contributed by atoms with van der Waals surface area (Å²) >= 11 is 0. The Labute approximate surface area is 92.7 Å². The van der Waals surface area contributed by atoms with Crippen molar-refractivity contribution in [3.63, 3.8) is 0 Å². The predicted octanol–water partition coefficient (Wildman–Crippen LogP) is 0.461. The lowest BCUT2D eigenvalue weighted by atomic mass is 10.1. The van der Waals surface area contributed by atoms with Gasteiger partial charge in [-0.25, -0.2) is 0 Å². The monoisotopic (exact) mass is 216 g/mol. The van der Waals surface area contributed by atoms with Crippen molar-refractivity contribution in [2.75, 3.05) is 40.0 Å². The average molecular weight is 216 g/mol. The smallest absolute Gasteiger partial charge is 0.0619 e. The van der Waals surface area contributed by atoms with Gasteiger partial charge in [0.2, 0.25) is 0 Å². The highest BCUT2D eigenvalue weighted by Gasteiger charge is 2.25. The lowest BCUT2D eigenvalue weighted by molar-refractivity contribution is -0.0399. The fourth-order valence-corrected chi connectivity index (χ4v) is 2.17. The zero-order valence-corrected chi connectivity index (χ0v) is 9.95. The van der Waals surface area contributed by atoms with E-state index in [1.807, 2.05) is 0 Å². The third-order valence-corrected chi connectivity index (χ3v) is 2.99. The van der Waals surface area contributed by atoms with Gasteiger partial charge in [-0.2, -0.15) is 0 Å². The van der Waals surface area contributed by atoms with Gasteiger partial charge in [0.15, 0.2) is 0 Å². The van der Waals surface area contributed by atoms with Crippen LogP contribution in [0.3, 0.4) is 0 Å². The molecule has 2 N–H and O–H groups in total. The molecule has 0 amide bonds. The van der Waals surface area contributed by atoms with Crippen LogP contribution in [0.15, 0.2) is 0 Å². The third kappa shape index (κ3) is 4.07. The zero-order chi connectivity index (χ0) is 11.1. The number of methoxy groups -OCH3 is 1. The van der Waals surface area contributed by atoms with E-state index < -0.39 is 0 Å². The fraction of sp³-hybridized carbons (Fsp3) is 1.00. The van der Waals surface area contributed by atoms with E-state index in [1.54, 1.807) is 7.11 Å². The van der Waals surface area contributed by atoms with Gasteiger partial charge in [0.05, 0.1) is 19.8 Å². The predicted molar refractivity (Wildman–Crippen MR) is 60.9 cm³/mol. The second kappa shape index (κ2) is 7.17. The molecule has 1 aliphatic rings. The van der Waals surface area contributed by atoms with Crippen LogP contribution in [0.2, 0.25) is 0 Å². The number of hydrogen-bond donors (Lipinski definition) is 1. The zero-order valence-electron chi connectivity index (χ0n) is 9.95. The number of hydrogen-bond acceptors (Lipinski definition) is 4. The van der Waals surface area contributed by atoms with Crippen molar-refractivity contribution in [3.8, 4) is 0 Å². The summed E-state index contributed by atoms with van der Waals surface area (Å²) in [5.74, 6) is 0. The Bertz CT molecular complexity index is 167. The van der Waals surface area contributed by atoms with E-state index in [0.29, 0.717) is 12.1 Å². The Kier molecular flexibility index (Phi) is 6.17. The number of rotatable bonds is 6. The number of ether oxygens (including phenoxy) is 2. The molecule has 4 nitrogen and oxygen atoms in total. The van der Waals surface area contributed by atoms with Gasteiger partial charge in [-0.05, 0) is 26.3 Å². The normalized spacial score (nSPS) is 25.4. The van der Waals surface area contributed by atoms with Crippen LogP contribution in [-0.4, -0.2) is 57.0 Å². The SMILES string of the molecule is COCC(CCCN)N1CCOCC1C.